The van der Waals surface area contributed by atoms with Crippen LogP contribution in [-0.4, -0.2) is 14.8 Å². The zero-order valence-electron chi connectivity index (χ0n) is 10.4. The SMILES string of the molecule is Cc1ccc(C(F)(F)F)nc1.Cc1ccnn1C. The average Bonchev–Trinajstić information content (AvgIpc) is 2.63. The third-order valence-corrected chi connectivity index (χ3v) is 2.27. The van der Waals surface area contributed by atoms with E-state index in [1.54, 1.807) is 13.1 Å². The van der Waals surface area contributed by atoms with Crippen molar-refractivity contribution in [2.24, 2.45) is 7.05 Å². The number of hydrogen-bond donors (Lipinski definition) is 0. The van der Waals surface area contributed by atoms with Gasteiger partial charge in [0.2, 0.25) is 0 Å². The summed E-state index contributed by atoms with van der Waals surface area (Å²) in [5, 5.41) is 3.93. The molecule has 0 bridgehead atoms. The van der Waals surface area contributed by atoms with Gasteiger partial charge in [-0.15, -0.1) is 0 Å². The Labute approximate surface area is 103 Å². The summed E-state index contributed by atoms with van der Waals surface area (Å²) in [6.45, 7) is 3.71. The van der Waals surface area contributed by atoms with Crippen molar-refractivity contribution < 1.29 is 13.2 Å². The van der Waals surface area contributed by atoms with E-state index in [0.717, 1.165) is 11.6 Å². The van der Waals surface area contributed by atoms with Gasteiger partial charge in [-0.3, -0.25) is 9.67 Å². The van der Waals surface area contributed by atoms with Gasteiger partial charge in [0.1, 0.15) is 5.69 Å². The van der Waals surface area contributed by atoms with Crippen molar-refractivity contribution in [3.05, 3.63) is 47.5 Å². The molecular weight excluding hydrogens is 243 g/mol. The highest BCUT2D eigenvalue weighted by atomic mass is 19.4. The molecule has 0 radical (unpaired) electrons. The number of alkyl halides is 3. The fraction of sp³-hybridized carbons (Fsp3) is 0.333. The summed E-state index contributed by atoms with van der Waals surface area (Å²) in [6.07, 6.45) is -1.34. The van der Waals surface area contributed by atoms with Gasteiger partial charge < -0.3 is 0 Å². The van der Waals surface area contributed by atoms with Crippen LogP contribution in [0.25, 0.3) is 0 Å². The van der Waals surface area contributed by atoms with Crippen molar-refractivity contribution >= 4 is 0 Å². The van der Waals surface area contributed by atoms with Gasteiger partial charge in [-0.25, -0.2) is 0 Å². The molecule has 0 N–H and O–H groups in total. The van der Waals surface area contributed by atoms with Crippen molar-refractivity contribution in [2.75, 3.05) is 0 Å². The van der Waals surface area contributed by atoms with E-state index in [9.17, 15) is 13.2 Å². The Kier molecular flexibility index (Phi) is 4.47. The summed E-state index contributed by atoms with van der Waals surface area (Å²) < 4.78 is 37.4. The third-order valence-electron chi connectivity index (χ3n) is 2.27. The Morgan fingerprint density at radius 2 is 1.78 bits per heavy atom. The summed E-state index contributed by atoms with van der Waals surface area (Å²) in [7, 11) is 1.93. The van der Waals surface area contributed by atoms with Crippen LogP contribution in [0.1, 0.15) is 17.0 Å². The molecule has 6 heteroatoms. The molecule has 18 heavy (non-hydrogen) atoms. The molecule has 0 aromatic carbocycles. The quantitative estimate of drug-likeness (QED) is 0.726. The molecule has 2 rings (SSSR count). The van der Waals surface area contributed by atoms with Gasteiger partial charge in [-0.05, 0) is 31.5 Å². The van der Waals surface area contributed by atoms with Crippen LogP contribution < -0.4 is 0 Å². The maximum absolute atomic E-state index is 11.9. The van der Waals surface area contributed by atoms with Gasteiger partial charge >= 0.3 is 6.18 Å². The third kappa shape index (κ3) is 4.20. The summed E-state index contributed by atoms with van der Waals surface area (Å²) in [4.78, 5) is 3.22. The molecule has 0 spiro atoms. The standard InChI is InChI=1S/C7H6F3N.C5H8N2/c1-5-2-3-6(11-4-5)7(8,9)10;1-5-3-4-6-7(5)2/h2-4H,1H3;3-4H,1-2H3. The molecule has 2 aromatic rings. The number of hydrogen-bond acceptors (Lipinski definition) is 2. The molecule has 0 unspecified atom stereocenters. The van der Waals surface area contributed by atoms with Crippen LogP contribution in [0.2, 0.25) is 0 Å². The van der Waals surface area contributed by atoms with Crippen molar-refractivity contribution in [1.29, 1.82) is 0 Å². The summed E-state index contributed by atoms with van der Waals surface area (Å²) >= 11 is 0. The molecule has 0 fully saturated rings. The van der Waals surface area contributed by atoms with Crippen LogP contribution in [-0.2, 0) is 13.2 Å². The molecule has 0 aliphatic heterocycles. The second-order valence-corrected chi connectivity index (χ2v) is 3.81. The second-order valence-electron chi connectivity index (χ2n) is 3.81. The lowest BCUT2D eigenvalue weighted by Crippen LogP contribution is -2.07. The van der Waals surface area contributed by atoms with Crippen LogP contribution in [0.15, 0.2) is 30.6 Å². The highest BCUT2D eigenvalue weighted by molar-refractivity contribution is 5.14. The Hall–Kier alpha value is -1.85. The van der Waals surface area contributed by atoms with Gasteiger partial charge in [0.25, 0.3) is 0 Å². The average molecular weight is 257 g/mol. The maximum atomic E-state index is 11.9. The first kappa shape index (κ1) is 14.2. The van der Waals surface area contributed by atoms with E-state index in [1.165, 1.54) is 18.0 Å². The summed E-state index contributed by atoms with van der Waals surface area (Å²) in [5.41, 5.74) is 1.07. The lowest BCUT2D eigenvalue weighted by molar-refractivity contribution is -0.141. The second kappa shape index (κ2) is 5.66. The van der Waals surface area contributed by atoms with Gasteiger partial charge in [0, 0.05) is 25.1 Å². The highest BCUT2D eigenvalue weighted by Gasteiger charge is 2.31. The minimum absolute atomic E-state index is 0.720. The first-order valence-electron chi connectivity index (χ1n) is 5.25. The van der Waals surface area contributed by atoms with Gasteiger partial charge in [-0.2, -0.15) is 18.3 Å². The molecule has 0 saturated carbocycles. The topological polar surface area (TPSA) is 30.7 Å². The maximum Gasteiger partial charge on any atom is 0.433 e. The Balaban J connectivity index is 0.000000199. The van der Waals surface area contributed by atoms with E-state index in [4.69, 9.17) is 0 Å². The smallest absolute Gasteiger partial charge is 0.273 e. The highest BCUT2D eigenvalue weighted by Crippen LogP contribution is 2.26. The molecular formula is C12H14F3N3. The van der Waals surface area contributed by atoms with Crippen molar-refractivity contribution in [3.63, 3.8) is 0 Å². The monoisotopic (exact) mass is 257 g/mol. The number of rotatable bonds is 0. The molecule has 0 amide bonds. The Morgan fingerprint density at radius 3 is 2.06 bits per heavy atom. The molecule has 0 aliphatic rings. The number of aryl methyl sites for hydroxylation is 3. The van der Waals surface area contributed by atoms with Gasteiger partial charge in [0.05, 0.1) is 0 Å². The van der Waals surface area contributed by atoms with E-state index in [2.05, 4.69) is 10.1 Å². The van der Waals surface area contributed by atoms with Crippen molar-refractivity contribution in [2.45, 2.75) is 20.0 Å². The molecule has 2 heterocycles. The minimum Gasteiger partial charge on any atom is -0.273 e. The predicted molar refractivity (Wildman–Crippen MR) is 61.9 cm³/mol. The first-order valence-corrected chi connectivity index (χ1v) is 5.25. The summed E-state index contributed by atoms with van der Waals surface area (Å²) in [5.74, 6) is 0. The minimum atomic E-state index is -4.33. The Bertz CT molecular complexity index is 470. The first-order chi connectivity index (χ1) is 8.30. The number of pyridine rings is 1. The number of nitrogens with zero attached hydrogens (tertiary/aromatic N) is 3. The zero-order valence-corrected chi connectivity index (χ0v) is 10.4. The molecule has 98 valence electrons. The van der Waals surface area contributed by atoms with Crippen molar-refractivity contribution in [3.8, 4) is 0 Å². The molecule has 3 nitrogen and oxygen atoms in total. The van der Waals surface area contributed by atoms with Gasteiger partial charge in [-0.1, -0.05) is 6.07 Å². The predicted octanol–water partition coefficient (Wildman–Crippen LogP) is 3.14. The van der Waals surface area contributed by atoms with E-state index in [-0.39, 0.29) is 0 Å². The van der Waals surface area contributed by atoms with Crippen LogP contribution in [0.5, 0.6) is 0 Å². The van der Waals surface area contributed by atoms with Crippen LogP contribution in [0.4, 0.5) is 13.2 Å². The van der Waals surface area contributed by atoms with E-state index < -0.39 is 11.9 Å². The fourth-order valence-corrected chi connectivity index (χ4v) is 1.08. The normalized spacial score (nSPS) is 10.8. The van der Waals surface area contributed by atoms with Crippen LogP contribution in [0.3, 0.4) is 0 Å². The van der Waals surface area contributed by atoms with Crippen LogP contribution in [0, 0.1) is 13.8 Å². The number of aromatic nitrogens is 3. The van der Waals surface area contributed by atoms with Crippen LogP contribution >= 0.6 is 0 Å². The van der Waals surface area contributed by atoms with E-state index >= 15 is 0 Å². The molecule has 0 atom stereocenters. The fourth-order valence-electron chi connectivity index (χ4n) is 1.08. The Morgan fingerprint density at radius 1 is 1.11 bits per heavy atom. The van der Waals surface area contributed by atoms with E-state index in [1.807, 2.05) is 24.7 Å². The molecule has 2 aromatic heterocycles. The largest absolute Gasteiger partial charge is 0.433 e. The molecule has 0 saturated heterocycles. The lowest BCUT2D eigenvalue weighted by Gasteiger charge is -2.03. The number of halogens is 3. The molecule has 0 aliphatic carbocycles. The zero-order chi connectivity index (χ0) is 13.8. The van der Waals surface area contributed by atoms with Gasteiger partial charge in [0.15, 0.2) is 0 Å². The van der Waals surface area contributed by atoms with E-state index in [0.29, 0.717) is 0 Å². The lowest BCUT2D eigenvalue weighted by atomic mass is 10.3. The summed E-state index contributed by atoms with van der Waals surface area (Å²) in [6, 6.07) is 4.32. The van der Waals surface area contributed by atoms with Crippen molar-refractivity contribution in [1.82, 2.24) is 14.8 Å².